The molecule has 3 rings (SSSR count). The number of hydrogen-bond acceptors (Lipinski definition) is 4. The molecule has 2 aliphatic heterocycles. The largest absolute Gasteiger partial charge is 0.339 e. The lowest BCUT2D eigenvalue weighted by atomic mass is 9.98. The summed E-state index contributed by atoms with van der Waals surface area (Å²) in [6, 6.07) is 7.69. The standard InChI is InChI=1S/C20H30N4O2.ClH/c1-3-15(2)19(21)20(26)23-12-10-22(11-13-23)14-18(25)24-9-8-16-6-4-5-7-17(16)24;/h4-7,15,19H,3,8-14,21H2,1-2H3;1H. The first-order valence-corrected chi connectivity index (χ1v) is 9.66. The fourth-order valence-electron chi connectivity index (χ4n) is 3.71. The first-order valence-electron chi connectivity index (χ1n) is 9.66. The number of nitrogens with zero attached hydrogens (tertiary/aromatic N) is 3. The SMILES string of the molecule is CCC(C)C(N)C(=O)N1CCN(CC(=O)N2CCc3ccccc32)CC1.Cl. The van der Waals surface area contributed by atoms with Gasteiger partial charge in [0.2, 0.25) is 11.8 Å². The van der Waals surface area contributed by atoms with E-state index in [4.69, 9.17) is 5.73 Å². The summed E-state index contributed by atoms with van der Waals surface area (Å²) in [6.07, 6.45) is 1.83. The van der Waals surface area contributed by atoms with Gasteiger partial charge in [-0.05, 0) is 24.0 Å². The van der Waals surface area contributed by atoms with Crippen LogP contribution in [0.4, 0.5) is 5.69 Å². The zero-order valence-corrected chi connectivity index (χ0v) is 17.1. The van der Waals surface area contributed by atoms with Gasteiger partial charge in [0, 0.05) is 38.4 Å². The molecule has 150 valence electrons. The monoisotopic (exact) mass is 394 g/mol. The third-order valence-electron chi connectivity index (χ3n) is 5.77. The third-order valence-corrected chi connectivity index (χ3v) is 5.77. The Kier molecular flexibility index (Phi) is 7.65. The molecule has 1 saturated heterocycles. The summed E-state index contributed by atoms with van der Waals surface area (Å²) < 4.78 is 0. The number of rotatable bonds is 5. The zero-order valence-electron chi connectivity index (χ0n) is 16.3. The van der Waals surface area contributed by atoms with Crippen LogP contribution < -0.4 is 10.6 Å². The Balaban J connectivity index is 0.00000261. The molecule has 2 amide bonds. The maximum absolute atomic E-state index is 12.7. The average Bonchev–Trinajstić information content (AvgIpc) is 3.11. The highest BCUT2D eigenvalue weighted by Crippen LogP contribution is 2.27. The van der Waals surface area contributed by atoms with Crippen LogP contribution in [0.25, 0.3) is 0 Å². The van der Waals surface area contributed by atoms with Crippen LogP contribution in [0.5, 0.6) is 0 Å². The van der Waals surface area contributed by atoms with Crippen molar-refractivity contribution in [2.75, 3.05) is 44.2 Å². The van der Waals surface area contributed by atoms with Crippen LogP contribution in [-0.4, -0.2) is 66.9 Å². The van der Waals surface area contributed by atoms with Gasteiger partial charge in [-0.3, -0.25) is 14.5 Å². The lowest BCUT2D eigenvalue weighted by molar-refractivity contribution is -0.135. The highest BCUT2D eigenvalue weighted by molar-refractivity contribution is 5.96. The maximum atomic E-state index is 12.7. The Morgan fingerprint density at radius 3 is 2.44 bits per heavy atom. The Bertz CT molecular complexity index is 661. The number of nitrogens with two attached hydrogens (primary N) is 1. The molecule has 27 heavy (non-hydrogen) atoms. The van der Waals surface area contributed by atoms with E-state index < -0.39 is 6.04 Å². The highest BCUT2D eigenvalue weighted by Gasteiger charge is 2.30. The summed E-state index contributed by atoms with van der Waals surface area (Å²) >= 11 is 0. The van der Waals surface area contributed by atoms with Gasteiger partial charge in [0.25, 0.3) is 0 Å². The van der Waals surface area contributed by atoms with Crippen LogP contribution in [0.1, 0.15) is 25.8 Å². The lowest BCUT2D eigenvalue weighted by Crippen LogP contribution is -2.55. The summed E-state index contributed by atoms with van der Waals surface area (Å²) in [6.45, 7) is 7.98. The minimum absolute atomic E-state index is 0. The number of anilines is 1. The predicted molar refractivity (Wildman–Crippen MR) is 110 cm³/mol. The van der Waals surface area contributed by atoms with Crippen molar-refractivity contribution in [1.29, 1.82) is 0 Å². The van der Waals surface area contributed by atoms with Crippen molar-refractivity contribution < 1.29 is 9.59 Å². The number of amides is 2. The minimum atomic E-state index is -0.422. The minimum Gasteiger partial charge on any atom is -0.339 e. The predicted octanol–water partition coefficient (Wildman–Crippen LogP) is 1.52. The Hall–Kier alpha value is -1.63. The summed E-state index contributed by atoms with van der Waals surface area (Å²) in [5, 5.41) is 0. The molecule has 2 heterocycles. The first kappa shape index (κ1) is 21.7. The van der Waals surface area contributed by atoms with Gasteiger partial charge in [0.15, 0.2) is 0 Å². The summed E-state index contributed by atoms with van der Waals surface area (Å²) in [5.41, 5.74) is 8.37. The summed E-state index contributed by atoms with van der Waals surface area (Å²) in [7, 11) is 0. The van der Waals surface area contributed by atoms with E-state index in [-0.39, 0.29) is 30.1 Å². The quantitative estimate of drug-likeness (QED) is 0.821. The van der Waals surface area contributed by atoms with E-state index in [9.17, 15) is 9.59 Å². The molecule has 2 N–H and O–H groups in total. The van der Waals surface area contributed by atoms with Crippen molar-refractivity contribution in [3.63, 3.8) is 0 Å². The Labute approximate surface area is 168 Å². The van der Waals surface area contributed by atoms with E-state index in [1.807, 2.05) is 34.9 Å². The molecule has 2 atom stereocenters. The first-order chi connectivity index (χ1) is 12.5. The van der Waals surface area contributed by atoms with Crippen LogP contribution >= 0.6 is 12.4 Å². The molecule has 1 aromatic carbocycles. The van der Waals surface area contributed by atoms with E-state index in [0.29, 0.717) is 19.6 Å². The van der Waals surface area contributed by atoms with Crippen molar-refractivity contribution in [3.8, 4) is 0 Å². The molecule has 2 aliphatic rings. The second-order valence-corrected chi connectivity index (χ2v) is 7.44. The number of fused-ring (bicyclic) bond motifs is 1. The average molecular weight is 395 g/mol. The van der Waals surface area contributed by atoms with E-state index >= 15 is 0 Å². The van der Waals surface area contributed by atoms with E-state index in [0.717, 1.165) is 38.2 Å². The highest BCUT2D eigenvalue weighted by atomic mass is 35.5. The molecule has 0 spiro atoms. The fourth-order valence-corrected chi connectivity index (χ4v) is 3.71. The molecule has 0 aromatic heterocycles. The molecule has 1 aromatic rings. The molecule has 6 nitrogen and oxygen atoms in total. The van der Waals surface area contributed by atoms with Gasteiger partial charge in [-0.2, -0.15) is 0 Å². The normalized spacial score (nSPS) is 19.2. The van der Waals surface area contributed by atoms with Crippen molar-refractivity contribution in [2.24, 2.45) is 11.7 Å². The molecule has 0 saturated carbocycles. The lowest BCUT2D eigenvalue weighted by Gasteiger charge is -2.36. The smallest absolute Gasteiger partial charge is 0.241 e. The number of hydrogen-bond donors (Lipinski definition) is 1. The number of para-hydroxylation sites is 1. The van der Waals surface area contributed by atoms with Gasteiger partial charge in [-0.25, -0.2) is 0 Å². The number of benzene rings is 1. The van der Waals surface area contributed by atoms with Crippen LogP contribution in [0.3, 0.4) is 0 Å². The Morgan fingerprint density at radius 2 is 1.78 bits per heavy atom. The van der Waals surface area contributed by atoms with Gasteiger partial charge >= 0.3 is 0 Å². The van der Waals surface area contributed by atoms with Crippen molar-refractivity contribution >= 4 is 29.9 Å². The molecular weight excluding hydrogens is 364 g/mol. The van der Waals surface area contributed by atoms with Crippen LogP contribution in [0.2, 0.25) is 0 Å². The molecule has 1 fully saturated rings. The van der Waals surface area contributed by atoms with Gasteiger partial charge in [0.05, 0.1) is 12.6 Å². The van der Waals surface area contributed by atoms with E-state index in [1.54, 1.807) is 0 Å². The van der Waals surface area contributed by atoms with Crippen LogP contribution in [-0.2, 0) is 16.0 Å². The van der Waals surface area contributed by atoms with Crippen molar-refractivity contribution in [3.05, 3.63) is 29.8 Å². The second-order valence-electron chi connectivity index (χ2n) is 7.44. The molecule has 2 unspecified atom stereocenters. The second kappa shape index (κ2) is 9.53. The number of piperazine rings is 1. The van der Waals surface area contributed by atoms with Crippen molar-refractivity contribution in [2.45, 2.75) is 32.7 Å². The van der Waals surface area contributed by atoms with E-state index in [2.05, 4.69) is 17.9 Å². The zero-order chi connectivity index (χ0) is 18.7. The molecule has 7 heteroatoms. The van der Waals surface area contributed by atoms with E-state index in [1.165, 1.54) is 5.56 Å². The van der Waals surface area contributed by atoms with Crippen molar-refractivity contribution in [1.82, 2.24) is 9.80 Å². The van der Waals surface area contributed by atoms with Gasteiger partial charge in [0.1, 0.15) is 0 Å². The van der Waals surface area contributed by atoms with Gasteiger partial charge < -0.3 is 15.5 Å². The summed E-state index contributed by atoms with van der Waals surface area (Å²) in [5.74, 6) is 0.377. The van der Waals surface area contributed by atoms with Gasteiger partial charge in [-0.15, -0.1) is 12.4 Å². The maximum Gasteiger partial charge on any atom is 0.241 e. The number of halogens is 1. The number of carbonyl (C=O) groups excluding carboxylic acids is 2. The van der Waals surface area contributed by atoms with Crippen LogP contribution in [0, 0.1) is 5.92 Å². The molecule has 0 bridgehead atoms. The number of carbonyl (C=O) groups is 2. The molecule has 0 radical (unpaired) electrons. The van der Waals surface area contributed by atoms with Gasteiger partial charge in [-0.1, -0.05) is 38.5 Å². The third kappa shape index (κ3) is 4.81. The molecular formula is C20H31ClN4O2. The Morgan fingerprint density at radius 1 is 1.11 bits per heavy atom. The van der Waals surface area contributed by atoms with Crippen LogP contribution in [0.15, 0.2) is 24.3 Å². The fraction of sp³-hybridized carbons (Fsp3) is 0.600. The molecule has 0 aliphatic carbocycles. The summed E-state index contributed by atoms with van der Waals surface area (Å²) in [4.78, 5) is 31.1. The topological polar surface area (TPSA) is 69.9 Å².